The molecular weight excluding hydrogens is 322 g/mol. The summed E-state index contributed by atoms with van der Waals surface area (Å²) < 4.78 is 5.32. The minimum absolute atomic E-state index is 0.129. The summed E-state index contributed by atoms with van der Waals surface area (Å²) in [6, 6.07) is 10.5. The highest BCUT2D eigenvalue weighted by molar-refractivity contribution is 7.80. The molecule has 1 aromatic carbocycles. The second-order valence-electron chi connectivity index (χ2n) is 4.33. The van der Waals surface area contributed by atoms with Crippen molar-refractivity contribution >= 4 is 34.8 Å². The molecule has 0 radical (unpaired) electrons. The zero-order chi connectivity index (χ0) is 15.8. The highest BCUT2D eigenvalue weighted by atomic mass is 35.5. The van der Waals surface area contributed by atoms with Crippen LogP contribution in [0.15, 0.2) is 48.8 Å². The lowest BCUT2D eigenvalue weighted by molar-refractivity contribution is -0.121. The van der Waals surface area contributed by atoms with E-state index in [1.54, 1.807) is 36.7 Å². The second-order valence-corrected chi connectivity index (χ2v) is 5.18. The molecule has 1 amide bonds. The zero-order valence-corrected chi connectivity index (χ0v) is 13.2. The lowest BCUT2D eigenvalue weighted by Crippen LogP contribution is -2.41. The molecule has 2 aromatic rings. The molecule has 0 aliphatic heterocycles. The average Bonchev–Trinajstić information content (AvgIpc) is 2.53. The smallest absolute Gasteiger partial charge is 0.264 e. The number of carbonyl (C=O) groups is 1. The molecule has 2 rings (SSSR count). The molecule has 7 heteroatoms. The number of pyridine rings is 1. The van der Waals surface area contributed by atoms with E-state index in [1.807, 2.05) is 12.1 Å². The minimum Gasteiger partial charge on any atom is -0.484 e. The molecule has 0 aliphatic carbocycles. The Kier molecular flexibility index (Phi) is 6.12. The number of nitrogens with zero attached hydrogens (tertiary/aromatic N) is 1. The predicted molar refractivity (Wildman–Crippen MR) is 88.8 cm³/mol. The summed E-state index contributed by atoms with van der Waals surface area (Å²) in [6.45, 7) is 0.362. The lowest BCUT2D eigenvalue weighted by Gasteiger charge is -2.10. The number of benzene rings is 1. The van der Waals surface area contributed by atoms with Crippen molar-refractivity contribution in [1.82, 2.24) is 15.6 Å². The van der Waals surface area contributed by atoms with Crippen LogP contribution in [-0.4, -0.2) is 22.6 Å². The first kappa shape index (κ1) is 16.2. The van der Waals surface area contributed by atoms with E-state index < -0.39 is 0 Å². The van der Waals surface area contributed by atoms with Crippen molar-refractivity contribution in [2.45, 2.75) is 6.54 Å². The number of rotatable bonds is 5. The van der Waals surface area contributed by atoms with Gasteiger partial charge in [0.1, 0.15) is 5.75 Å². The Balaban J connectivity index is 1.70. The SMILES string of the molecule is O=C(COc1ccc(Cl)cc1)NC(=S)NCc1cccnc1. The molecule has 22 heavy (non-hydrogen) atoms. The minimum atomic E-state index is -0.335. The molecule has 0 fully saturated rings. The van der Waals surface area contributed by atoms with E-state index in [1.165, 1.54) is 0 Å². The molecule has 1 heterocycles. The number of amides is 1. The van der Waals surface area contributed by atoms with Gasteiger partial charge in [0.2, 0.25) is 0 Å². The van der Waals surface area contributed by atoms with Crippen LogP contribution in [0.25, 0.3) is 0 Å². The molecule has 114 valence electrons. The molecule has 0 saturated heterocycles. The number of halogens is 1. The van der Waals surface area contributed by atoms with Crippen molar-refractivity contribution in [2.75, 3.05) is 6.61 Å². The van der Waals surface area contributed by atoms with Gasteiger partial charge in [-0.05, 0) is 48.1 Å². The van der Waals surface area contributed by atoms with E-state index >= 15 is 0 Å². The van der Waals surface area contributed by atoms with E-state index in [9.17, 15) is 4.79 Å². The lowest BCUT2D eigenvalue weighted by atomic mass is 10.3. The maximum atomic E-state index is 11.7. The number of hydrogen-bond acceptors (Lipinski definition) is 4. The first-order valence-corrected chi connectivity index (χ1v) is 7.27. The largest absolute Gasteiger partial charge is 0.484 e. The maximum absolute atomic E-state index is 11.7. The molecule has 2 N–H and O–H groups in total. The normalized spacial score (nSPS) is 9.86. The summed E-state index contributed by atoms with van der Waals surface area (Å²) in [4.78, 5) is 15.7. The number of ether oxygens (including phenoxy) is 1. The van der Waals surface area contributed by atoms with Gasteiger partial charge >= 0.3 is 0 Å². The van der Waals surface area contributed by atoms with Crippen molar-refractivity contribution in [1.29, 1.82) is 0 Å². The van der Waals surface area contributed by atoms with E-state index in [-0.39, 0.29) is 17.6 Å². The number of hydrogen-bond donors (Lipinski definition) is 2. The second kappa shape index (κ2) is 8.31. The molecule has 0 unspecified atom stereocenters. The summed E-state index contributed by atoms with van der Waals surface area (Å²) in [7, 11) is 0. The third kappa shape index (κ3) is 5.67. The van der Waals surface area contributed by atoms with Crippen LogP contribution in [0.3, 0.4) is 0 Å². The summed E-state index contributed by atoms with van der Waals surface area (Å²) in [6.07, 6.45) is 3.42. The van der Waals surface area contributed by atoms with Gasteiger partial charge in [-0.3, -0.25) is 9.78 Å². The first-order valence-electron chi connectivity index (χ1n) is 6.48. The third-order valence-corrected chi connectivity index (χ3v) is 3.11. The molecular formula is C15H14ClN3O2S. The summed E-state index contributed by atoms with van der Waals surface area (Å²) in [5.74, 6) is 0.229. The Morgan fingerprint density at radius 2 is 2.05 bits per heavy atom. The van der Waals surface area contributed by atoms with E-state index in [0.29, 0.717) is 17.3 Å². The van der Waals surface area contributed by atoms with Crippen molar-refractivity contribution in [3.63, 3.8) is 0 Å². The summed E-state index contributed by atoms with van der Waals surface area (Å²) in [5.41, 5.74) is 0.969. The number of nitrogens with one attached hydrogen (secondary N) is 2. The van der Waals surface area contributed by atoms with Crippen LogP contribution in [0.5, 0.6) is 5.75 Å². The standard InChI is InChI=1S/C15H14ClN3O2S/c16-12-3-5-13(6-4-12)21-10-14(20)19-15(22)18-9-11-2-1-7-17-8-11/h1-8H,9-10H2,(H2,18,19,20,22). The van der Waals surface area contributed by atoms with Crippen molar-refractivity contribution < 1.29 is 9.53 Å². The van der Waals surface area contributed by atoms with E-state index in [0.717, 1.165) is 5.56 Å². The van der Waals surface area contributed by atoms with Gasteiger partial charge in [0.15, 0.2) is 11.7 Å². The zero-order valence-electron chi connectivity index (χ0n) is 11.6. The van der Waals surface area contributed by atoms with Crippen LogP contribution in [0.1, 0.15) is 5.56 Å². The molecule has 0 spiro atoms. The predicted octanol–water partition coefficient (Wildman–Crippen LogP) is 2.30. The highest BCUT2D eigenvalue weighted by Gasteiger charge is 2.05. The van der Waals surface area contributed by atoms with Gasteiger partial charge in [-0.2, -0.15) is 0 Å². The van der Waals surface area contributed by atoms with Gasteiger partial charge in [-0.1, -0.05) is 17.7 Å². The molecule has 0 saturated carbocycles. The van der Waals surface area contributed by atoms with Crippen LogP contribution in [0, 0.1) is 0 Å². The fourth-order valence-corrected chi connectivity index (χ4v) is 1.88. The molecule has 1 aromatic heterocycles. The quantitative estimate of drug-likeness (QED) is 0.821. The van der Waals surface area contributed by atoms with Crippen molar-refractivity contribution in [3.8, 4) is 5.75 Å². The van der Waals surface area contributed by atoms with Crippen LogP contribution in [0.4, 0.5) is 0 Å². The maximum Gasteiger partial charge on any atom is 0.264 e. The Hall–Kier alpha value is -2.18. The fraction of sp³-hybridized carbons (Fsp3) is 0.133. The van der Waals surface area contributed by atoms with Crippen LogP contribution >= 0.6 is 23.8 Å². The van der Waals surface area contributed by atoms with Crippen LogP contribution in [-0.2, 0) is 11.3 Å². The van der Waals surface area contributed by atoms with Crippen molar-refractivity contribution in [3.05, 3.63) is 59.4 Å². The van der Waals surface area contributed by atoms with Gasteiger partial charge in [-0.15, -0.1) is 0 Å². The van der Waals surface area contributed by atoms with E-state index in [2.05, 4.69) is 15.6 Å². The van der Waals surface area contributed by atoms with Gasteiger partial charge < -0.3 is 15.4 Å². The molecule has 5 nitrogen and oxygen atoms in total. The summed E-state index contributed by atoms with van der Waals surface area (Å²) in [5, 5.41) is 6.32. The average molecular weight is 336 g/mol. The Morgan fingerprint density at radius 1 is 1.27 bits per heavy atom. The third-order valence-electron chi connectivity index (χ3n) is 2.61. The Morgan fingerprint density at radius 3 is 2.73 bits per heavy atom. The van der Waals surface area contributed by atoms with Crippen LogP contribution in [0.2, 0.25) is 5.02 Å². The van der Waals surface area contributed by atoms with Gasteiger partial charge in [0.05, 0.1) is 0 Å². The Labute approximate surface area is 138 Å². The topological polar surface area (TPSA) is 63.2 Å². The number of carbonyl (C=O) groups excluding carboxylic acids is 1. The monoisotopic (exact) mass is 335 g/mol. The van der Waals surface area contributed by atoms with E-state index in [4.69, 9.17) is 28.6 Å². The Bertz CT molecular complexity index is 635. The van der Waals surface area contributed by atoms with Gasteiger partial charge in [0, 0.05) is 24.0 Å². The summed E-state index contributed by atoms with van der Waals surface area (Å²) >= 11 is 10.8. The van der Waals surface area contributed by atoms with Crippen molar-refractivity contribution in [2.24, 2.45) is 0 Å². The molecule has 0 aliphatic rings. The first-order chi connectivity index (χ1) is 10.6. The molecule has 0 bridgehead atoms. The van der Waals surface area contributed by atoms with Crippen LogP contribution < -0.4 is 15.4 Å². The van der Waals surface area contributed by atoms with Gasteiger partial charge in [0.25, 0.3) is 5.91 Å². The van der Waals surface area contributed by atoms with Gasteiger partial charge in [-0.25, -0.2) is 0 Å². The highest BCUT2D eigenvalue weighted by Crippen LogP contribution is 2.15. The fourth-order valence-electron chi connectivity index (χ4n) is 1.57. The number of thiocarbonyl (C=S) groups is 1. The molecule has 0 atom stereocenters. The number of aromatic nitrogens is 1.